The van der Waals surface area contributed by atoms with Crippen LogP contribution in [0.15, 0.2) is 42.7 Å². The Morgan fingerprint density at radius 3 is 2.50 bits per heavy atom. The highest BCUT2D eigenvalue weighted by atomic mass is 16.5. The molecule has 1 heterocycles. The van der Waals surface area contributed by atoms with Crippen molar-refractivity contribution < 1.29 is 19.6 Å². The van der Waals surface area contributed by atoms with Crippen molar-refractivity contribution in [1.29, 1.82) is 0 Å². The van der Waals surface area contributed by atoms with E-state index in [1.807, 2.05) is 45.2 Å². The Hall–Kier alpha value is -3.20. The molecule has 0 radical (unpaired) electrons. The van der Waals surface area contributed by atoms with Gasteiger partial charge in [-0.3, -0.25) is 19.6 Å². The minimum absolute atomic E-state index is 0.106. The van der Waals surface area contributed by atoms with Crippen molar-refractivity contribution in [2.75, 3.05) is 11.9 Å². The summed E-state index contributed by atoms with van der Waals surface area (Å²) in [5, 5.41) is 19.9. The Morgan fingerprint density at radius 2 is 1.94 bits per heavy atom. The summed E-state index contributed by atoms with van der Waals surface area (Å²) in [7, 11) is 0. The molecule has 0 fully saturated rings. The van der Waals surface area contributed by atoms with Crippen LogP contribution in [0.2, 0.25) is 0 Å². The van der Waals surface area contributed by atoms with E-state index in [-0.39, 0.29) is 30.7 Å². The smallest absolute Gasteiger partial charge is 0.247 e. The van der Waals surface area contributed by atoms with Gasteiger partial charge in [0.2, 0.25) is 18.2 Å². The van der Waals surface area contributed by atoms with Crippen molar-refractivity contribution in [3.8, 4) is 5.69 Å². The Kier molecular flexibility index (Phi) is 9.87. The maximum absolute atomic E-state index is 13.0. The van der Waals surface area contributed by atoms with E-state index in [1.165, 1.54) is 0 Å². The number of unbranched alkanes of at least 4 members (excludes halogenated alkanes) is 1. The molecule has 0 saturated heterocycles. The van der Waals surface area contributed by atoms with E-state index < -0.39 is 12.0 Å². The zero-order chi connectivity index (χ0) is 23.5. The van der Waals surface area contributed by atoms with Crippen molar-refractivity contribution in [3.05, 3.63) is 42.7 Å². The van der Waals surface area contributed by atoms with Gasteiger partial charge in [0.25, 0.3) is 0 Å². The first kappa shape index (κ1) is 25.1. The molecule has 3 N–H and O–H groups in total. The third-order valence-corrected chi connectivity index (χ3v) is 5.50. The van der Waals surface area contributed by atoms with Crippen molar-refractivity contribution in [1.82, 2.24) is 20.2 Å². The van der Waals surface area contributed by atoms with Gasteiger partial charge in [-0.25, -0.2) is 9.75 Å². The van der Waals surface area contributed by atoms with Gasteiger partial charge in [0.15, 0.2) is 0 Å². The van der Waals surface area contributed by atoms with Crippen LogP contribution in [-0.2, 0) is 14.4 Å². The molecule has 1 aromatic carbocycles. The highest BCUT2D eigenvalue weighted by Gasteiger charge is 2.29. The molecular formula is C23H33N5O4. The number of aromatic nitrogens is 2. The number of anilines is 1. The SMILES string of the molecule is CCCC[C@H](CN(O)C=O)C(=O)N[C@H](C(=O)Nc1ccc(-n2cccn2)cc1)C(C)CC. The number of hydrogen-bond donors (Lipinski definition) is 3. The number of carbonyl (C=O) groups is 3. The zero-order valence-electron chi connectivity index (χ0n) is 18.9. The Balaban J connectivity index is 2.09. The van der Waals surface area contributed by atoms with Gasteiger partial charge >= 0.3 is 0 Å². The number of benzene rings is 1. The molecular weight excluding hydrogens is 410 g/mol. The molecule has 0 aliphatic rings. The quantitative estimate of drug-likeness (QED) is 0.250. The highest BCUT2D eigenvalue weighted by molar-refractivity contribution is 5.97. The average Bonchev–Trinajstić information content (AvgIpc) is 3.34. The first-order chi connectivity index (χ1) is 15.4. The summed E-state index contributed by atoms with van der Waals surface area (Å²) in [6.45, 7) is 5.74. The fourth-order valence-corrected chi connectivity index (χ4v) is 3.34. The van der Waals surface area contributed by atoms with Crippen LogP contribution in [0.3, 0.4) is 0 Å². The zero-order valence-corrected chi connectivity index (χ0v) is 18.9. The number of hydroxylamine groups is 2. The minimum Gasteiger partial charge on any atom is -0.344 e. The largest absolute Gasteiger partial charge is 0.344 e. The van der Waals surface area contributed by atoms with Crippen LogP contribution in [0.1, 0.15) is 46.5 Å². The van der Waals surface area contributed by atoms with Crippen LogP contribution in [0.5, 0.6) is 0 Å². The van der Waals surface area contributed by atoms with Gasteiger partial charge in [0.05, 0.1) is 18.2 Å². The predicted octanol–water partition coefficient (Wildman–Crippen LogP) is 3.00. The summed E-state index contributed by atoms with van der Waals surface area (Å²) in [4.78, 5) is 36.7. The average molecular weight is 444 g/mol. The number of hydrogen-bond acceptors (Lipinski definition) is 5. The lowest BCUT2D eigenvalue weighted by Crippen LogP contribution is -2.50. The molecule has 1 aromatic heterocycles. The Labute approximate surface area is 188 Å². The molecule has 0 bridgehead atoms. The summed E-state index contributed by atoms with van der Waals surface area (Å²) >= 11 is 0. The molecule has 0 spiro atoms. The third-order valence-electron chi connectivity index (χ3n) is 5.50. The van der Waals surface area contributed by atoms with E-state index in [2.05, 4.69) is 15.7 Å². The number of nitrogens with one attached hydrogen (secondary N) is 2. The molecule has 2 aromatic rings. The van der Waals surface area contributed by atoms with Crippen molar-refractivity contribution in [2.45, 2.75) is 52.5 Å². The molecule has 3 amide bonds. The fraction of sp³-hybridized carbons (Fsp3) is 0.478. The van der Waals surface area contributed by atoms with E-state index in [0.717, 1.165) is 18.5 Å². The molecule has 9 heteroatoms. The Morgan fingerprint density at radius 1 is 1.22 bits per heavy atom. The number of rotatable bonds is 13. The van der Waals surface area contributed by atoms with Gasteiger partial charge in [-0.2, -0.15) is 5.10 Å². The lowest BCUT2D eigenvalue weighted by Gasteiger charge is -2.27. The molecule has 0 aliphatic carbocycles. The van der Waals surface area contributed by atoms with Crippen LogP contribution in [0.25, 0.3) is 5.69 Å². The molecule has 1 unspecified atom stereocenters. The Bertz CT molecular complexity index is 854. The second-order valence-electron chi connectivity index (χ2n) is 7.93. The summed E-state index contributed by atoms with van der Waals surface area (Å²) in [6, 6.07) is 8.33. The van der Waals surface area contributed by atoms with E-state index in [1.54, 1.807) is 23.0 Å². The number of nitrogens with zero attached hydrogens (tertiary/aromatic N) is 3. The van der Waals surface area contributed by atoms with E-state index in [9.17, 15) is 19.6 Å². The second kappa shape index (κ2) is 12.6. The van der Waals surface area contributed by atoms with Crippen LogP contribution >= 0.6 is 0 Å². The van der Waals surface area contributed by atoms with Crippen LogP contribution in [0.4, 0.5) is 5.69 Å². The lowest BCUT2D eigenvalue weighted by molar-refractivity contribution is -0.155. The van der Waals surface area contributed by atoms with Crippen molar-refractivity contribution in [2.24, 2.45) is 11.8 Å². The molecule has 32 heavy (non-hydrogen) atoms. The summed E-state index contributed by atoms with van der Waals surface area (Å²) < 4.78 is 1.72. The van der Waals surface area contributed by atoms with Gasteiger partial charge < -0.3 is 10.6 Å². The second-order valence-corrected chi connectivity index (χ2v) is 7.93. The number of carbonyl (C=O) groups excluding carboxylic acids is 3. The van der Waals surface area contributed by atoms with Crippen LogP contribution < -0.4 is 10.6 Å². The molecule has 174 valence electrons. The van der Waals surface area contributed by atoms with Gasteiger partial charge in [0, 0.05) is 18.1 Å². The monoisotopic (exact) mass is 443 g/mol. The fourth-order valence-electron chi connectivity index (χ4n) is 3.34. The van der Waals surface area contributed by atoms with Crippen molar-refractivity contribution >= 4 is 23.9 Å². The van der Waals surface area contributed by atoms with Crippen LogP contribution in [0, 0.1) is 11.8 Å². The predicted molar refractivity (Wildman–Crippen MR) is 121 cm³/mol. The molecule has 0 saturated carbocycles. The normalized spacial score (nSPS) is 13.6. The van der Waals surface area contributed by atoms with E-state index in [4.69, 9.17) is 0 Å². The lowest BCUT2D eigenvalue weighted by atomic mass is 9.95. The molecule has 2 rings (SSSR count). The molecule has 9 nitrogen and oxygen atoms in total. The maximum atomic E-state index is 13.0. The van der Waals surface area contributed by atoms with E-state index in [0.29, 0.717) is 23.6 Å². The highest BCUT2D eigenvalue weighted by Crippen LogP contribution is 2.17. The van der Waals surface area contributed by atoms with Crippen molar-refractivity contribution in [3.63, 3.8) is 0 Å². The van der Waals surface area contributed by atoms with Gasteiger partial charge in [0.1, 0.15) is 6.04 Å². The first-order valence-electron chi connectivity index (χ1n) is 11.0. The topological polar surface area (TPSA) is 117 Å². The van der Waals surface area contributed by atoms with Gasteiger partial charge in [-0.15, -0.1) is 0 Å². The van der Waals surface area contributed by atoms with Gasteiger partial charge in [-0.05, 0) is 42.7 Å². The molecule has 0 aliphatic heterocycles. The van der Waals surface area contributed by atoms with Gasteiger partial charge in [-0.1, -0.05) is 40.0 Å². The maximum Gasteiger partial charge on any atom is 0.247 e. The number of amides is 3. The summed E-state index contributed by atoms with van der Waals surface area (Å²) in [5.74, 6) is -1.37. The standard InChI is InChI=1S/C23H33N5O4/c1-4-6-8-18(15-27(32)16-29)22(30)26-21(17(3)5-2)23(31)25-19-9-11-20(12-10-19)28-14-7-13-24-28/h7,9-14,16-18,21,32H,4-6,8,15H2,1-3H3,(H,25,31)(H,26,30)/t17?,18-,21+/m1/s1. The third kappa shape index (κ3) is 7.19. The minimum atomic E-state index is -0.745. The van der Waals surface area contributed by atoms with E-state index >= 15 is 0 Å². The van der Waals surface area contributed by atoms with Crippen LogP contribution in [-0.4, -0.2) is 50.9 Å². The molecule has 3 atom stereocenters. The summed E-state index contributed by atoms with van der Waals surface area (Å²) in [5.41, 5.74) is 1.47. The first-order valence-corrected chi connectivity index (χ1v) is 11.0. The summed E-state index contributed by atoms with van der Waals surface area (Å²) in [6.07, 6.45) is 6.64.